The zero-order valence-corrected chi connectivity index (χ0v) is 15.7. The monoisotopic (exact) mass is 381 g/mol. The van der Waals surface area contributed by atoms with Crippen molar-refractivity contribution in [3.05, 3.63) is 47.8 Å². The van der Waals surface area contributed by atoms with Gasteiger partial charge in [0.2, 0.25) is 10.0 Å². The highest BCUT2D eigenvalue weighted by Crippen LogP contribution is 2.14. The van der Waals surface area contributed by atoms with E-state index in [1.165, 1.54) is 23.9 Å². The highest BCUT2D eigenvalue weighted by Gasteiger charge is 2.19. The fourth-order valence-corrected chi connectivity index (χ4v) is 3.08. The third kappa shape index (κ3) is 5.07. The normalized spacial score (nSPS) is 12.6. The van der Waals surface area contributed by atoms with Gasteiger partial charge in [0.15, 0.2) is 0 Å². The van der Waals surface area contributed by atoms with Gasteiger partial charge in [-0.2, -0.15) is 0 Å². The highest BCUT2D eigenvalue weighted by molar-refractivity contribution is 7.89. The Labute approximate surface area is 152 Å². The molecule has 0 fully saturated rings. The summed E-state index contributed by atoms with van der Waals surface area (Å²) in [5.41, 5.74) is 1.21. The Morgan fingerprint density at radius 2 is 2.08 bits per heavy atom. The van der Waals surface area contributed by atoms with Gasteiger partial charge < -0.3 is 19.7 Å². The first-order chi connectivity index (χ1) is 12.2. The average molecular weight is 381 g/mol. The molecule has 3 N–H and O–H groups in total. The lowest BCUT2D eigenvalue weighted by Crippen LogP contribution is -2.36. The van der Waals surface area contributed by atoms with Gasteiger partial charge in [0.1, 0.15) is 29.0 Å². The molecule has 0 aliphatic carbocycles. The van der Waals surface area contributed by atoms with Gasteiger partial charge in [-0.05, 0) is 37.7 Å². The number of nitrogens with one attached hydrogen (secondary N) is 2. The molecule has 1 amide bonds. The summed E-state index contributed by atoms with van der Waals surface area (Å²) >= 11 is 0. The summed E-state index contributed by atoms with van der Waals surface area (Å²) in [6.07, 6.45) is 0.443. The number of nitrogens with zero attached hydrogens (tertiary/aromatic N) is 1. The van der Waals surface area contributed by atoms with Crippen LogP contribution in [0.4, 0.5) is 0 Å². The number of aromatic nitrogens is 1. The van der Waals surface area contributed by atoms with E-state index < -0.39 is 22.0 Å². The Kier molecular flexibility index (Phi) is 6.41. The minimum absolute atomic E-state index is 0.00372. The second kappa shape index (κ2) is 8.35. The Bertz CT molecular complexity index is 876. The van der Waals surface area contributed by atoms with E-state index in [2.05, 4.69) is 10.0 Å². The van der Waals surface area contributed by atoms with Crippen LogP contribution in [0.5, 0.6) is 5.75 Å². The summed E-state index contributed by atoms with van der Waals surface area (Å²) in [4.78, 5) is 12.2. The lowest BCUT2D eigenvalue weighted by Gasteiger charge is -2.13. The molecule has 1 aromatic carbocycles. The maximum absolute atomic E-state index is 12.2. The van der Waals surface area contributed by atoms with Gasteiger partial charge >= 0.3 is 0 Å². The van der Waals surface area contributed by atoms with Crippen LogP contribution in [0.3, 0.4) is 0 Å². The number of carbonyl (C=O) groups excluding carboxylic acids is 1. The molecule has 142 valence electrons. The van der Waals surface area contributed by atoms with Crippen molar-refractivity contribution in [2.45, 2.75) is 17.9 Å². The van der Waals surface area contributed by atoms with E-state index in [4.69, 9.17) is 4.74 Å². The minimum Gasteiger partial charge on any atom is -0.491 e. The number of hydrogen-bond acceptors (Lipinski definition) is 5. The molecule has 1 aromatic heterocycles. The Balaban J connectivity index is 1.90. The van der Waals surface area contributed by atoms with Crippen molar-refractivity contribution in [1.82, 2.24) is 14.6 Å². The summed E-state index contributed by atoms with van der Waals surface area (Å²) < 4.78 is 32.7. The summed E-state index contributed by atoms with van der Waals surface area (Å²) in [7, 11) is -0.759. The van der Waals surface area contributed by atoms with Crippen molar-refractivity contribution >= 4 is 15.9 Å². The highest BCUT2D eigenvalue weighted by atomic mass is 32.2. The molecule has 1 atom stereocenters. The van der Waals surface area contributed by atoms with E-state index in [-0.39, 0.29) is 23.7 Å². The SMILES string of the molecule is CNS(=O)(=O)c1cc(C(=O)NCC(O)COc2cccc(C)c2)n(C)c1. The molecule has 0 aliphatic rings. The number of hydrogen-bond donors (Lipinski definition) is 3. The first kappa shape index (κ1) is 20.0. The number of aryl methyl sites for hydroxylation is 2. The van der Waals surface area contributed by atoms with E-state index in [9.17, 15) is 18.3 Å². The van der Waals surface area contributed by atoms with Crippen LogP contribution < -0.4 is 14.8 Å². The third-order valence-corrected chi connectivity index (χ3v) is 5.10. The van der Waals surface area contributed by atoms with Crippen molar-refractivity contribution in [2.24, 2.45) is 7.05 Å². The van der Waals surface area contributed by atoms with Gasteiger partial charge in [0, 0.05) is 19.8 Å². The summed E-state index contributed by atoms with van der Waals surface area (Å²) in [5.74, 6) is 0.152. The van der Waals surface area contributed by atoms with Crippen LogP contribution in [-0.2, 0) is 17.1 Å². The molecular formula is C17H23N3O5S. The Hall–Kier alpha value is -2.36. The predicted molar refractivity (Wildman–Crippen MR) is 96.7 cm³/mol. The Morgan fingerprint density at radius 3 is 2.73 bits per heavy atom. The van der Waals surface area contributed by atoms with Crippen molar-refractivity contribution in [3.63, 3.8) is 0 Å². The van der Waals surface area contributed by atoms with E-state index in [0.717, 1.165) is 5.56 Å². The maximum Gasteiger partial charge on any atom is 0.268 e. The van der Waals surface area contributed by atoms with Crippen LogP contribution >= 0.6 is 0 Å². The van der Waals surface area contributed by atoms with Crippen LogP contribution in [0, 0.1) is 6.92 Å². The molecule has 9 heteroatoms. The van der Waals surface area contributed by atoms with Gasteiger partial charge in [-0.1, -0.05) is 12.1 Å². The van der Waals surface area contributed by atoms with Crippen LogP contribution in [0.15, 0.2) is 41.4 Å². The molecule has 2 aromatic rings. The average Bonchev–Trinajstić information content (AvgIpc) is 3.00. The largest absolute Gasteiger partial charge is 0.491 e. The second-order valence-electron chi connectivity index (χ2n) is 5.87. The predicted octanol–water partition coefficient (Wildman–Crippen LogP) is 0.411. The molecule has 8 nitrogen and oxygen atoms in total. The van der Waals surface area contributed by atoms with Crippen molar-refractivity contribution in [1.29, 1.82) is 0 Å². The van der Waals surface area contributed by atoms with Gasteiger partial charge in [0.05, 0.1) is 0 Å². The molecule has 0 bridgehead atoms. The molecule has 0 saturated carbocycles. The fourth-order valence-electron chi connectivity index (χ4n) is 2.28. The Morgan fingerprint density at radius 1 is 1.35 bits per heavy atom. The van der Waals surface area contributed by atoms with E-state index >= 15 is 0 Å². The zero-order chi connectivity index (χ0) is 19.3. The number of rotatable bonds is 8. The molecule has 0 saturated heterocycles. The molecule has 26 heavy (non-hydrogen) atoms. The number of benzene rings is 1. The van der Waals surface area contributed by atoms with Crippen molar-refractivity contribution in [3.8, 4) is 5.75 Å². The quantitative estimate of drug-likeness (QED) is 0.614. The lowest BCUT2D eigenvalue weighted by atomic mass is 10.2. The van der Waals surface area contributed by atoms with Crippen LogP contribution in [0.1, 0.15) is 16.1 Å². The first-order valence-corrected chi connectivity index (χ1v) is 9.47. The maximum atomic E-state index is 12.2. The van der Waals surface area contributed by atoms with Crippen LogP contribution in [-0.4, -0.2) is 50.3 Å². The molecule has 2 rings (SSSR count). The molecule has 0 aliphatic heterocycles. The number of sulfonamides is 1. The smallest absolute Gasteiger partial charge is 0.268 e. The summed E-state index contributed by atoms with van der Waals surface area (Å²) in [5, 5.41) is 12.5. The molecule has 1 heterocycles. The van der Waals surface area contributed by atoms with Gasteiger partial charge in [-0.15, -0.1) is 0 Å². The number of aliphatic hydroxyl groups is 1. The van der Waals surface area contributed by atoms with Gasteiger partial charge in [0.25, 0.3) is 5.91 Å². The fraction of sp³-hybridized carbons (Fsp3) is 0.353. The van der Waals surface area contributed by atoms with Crippen molar-refractivity contribution in [2.75, 3.05) is 20.2 Å². The standard InChI is InChI=1S/C17H23N3O5S/c1-12-5-4-6-14(7-12)25-11-13(21)9-19-17(22)16-8-15(10-20(16)3)26(23,24)18-2/h4-8,10,13,18,21H,9,11H2,1-3H3,(H,19,22). The summed E-state index contributed by atoms with van der Waals surface area (Å²) in [6, 6.07) is 8.69. The second-order valence-corrected chi connectivity index (χ2v) is 7.76. The number of carbonyl (C=O) groups is 1. The van der Waals surface area contributed by atoms with Crippen LogP contribution in [0.25, 0.3) is 0 Å². The zero-order valence-electron chi connectivity index (χ0n) is 14.9. The van der Waals surface area contributed by atoms with Crippen molar-refractivity contribution < 1.29 is 23.1 Å². The van der Waals surface area contributed by atoms with Gasteiger partial charge in [-0.3, -0.25) is 4.79 Å². The van der Waals surface area contributed by atoms with Gasteiger partial charge in [-0.25, -0.2) is 13.1 Å². The van der Waals surface area contributed by atoms with E-state index in [1.807, 2.05) is 25.1 Å². The summed E-state index contributed by atoms with van der Waals surface area (Å²) in [6.45, 7) is 1.94. The molecular weight excluding hydrogens is 358 g/mol. The van der Waals surface area contributed by atoms with E-state index in [0.29, 0.717) is 5.75 Å². The first-order valence-electron chi connectivity index (χ1n) is 7.98. The molecule has 1 unspecified atom stereocenters. The number of ether oxygens (including phenoxy) is 1. The van der Waals surface area contributed by atoms with Crippen LogP contribution in [0.2, 0.25) is 0 Å². The topological polar surface area (TPSA) is 110 Å². The number of aliphatic hydroxyl groups excluding tert-OH is 1. The lowest BCUT2D eigenvalue weighted by molar-refractivity contribution is 0.0837. The minimum atomic E-state index is -3.63. The third-order valence-electron chi connectivity index (χ3n) is 3.72. The van der Waals surface area contributed by atoms with E-state index in [1.54, 1.807) is 13.1 Å². The molecule has 0 radical (unpaired) electrons. The molecule has 0 spiro atoms. The number of amides is 1.